The molecule has 0 N–H and O–H groups in total. The fourth-order valence-electron chi connectivity index (χ4n) is 1.14. The van der Waals surface area contributed by atoms with Crippen molar-refractivity contribution in [3.8, 4) is 0 Å². The van der Waals surface area contributed by atoms with Crippen LogP contribution in [0.1, 0.15) is 19.8 Å². The molecular weight excluding hydrogens is 206 g/mol. The van der Waals surface area contributed by atoms with Gasteiger partial charge in [-0.2, -0.15) is 17.8 Å². The summed E-state index contributed by atoms with van der Waals surface area (Å²) < 4.78 is 32.7. The van der Waals surface area contributed by atoms with E-state index in [1.165, 1.54) is 5.06 Å². The molecule has 0 unspecified atom stereocenters. The number of ether oxygens (including phenoxy) is 1. The predicted molar refractivity (Wildman–Crippen MR) is 52.2 cm³/mol. The van der Waals surface area contributed by atoms with Crippen LogP contribution in [0, 0.1) is 0 Å². The van der Waals surface area contributed by atoms with Crippen molar-refractivity contribution >= 4 is 10.1 Å². The Kier molecular flexibility index (Phi) is 4.80. The first-order valence-corrected chi connectivity index (χ1v) is 6.47. The average molecular weight is 223 g/mol. The molecule has 5 nitrogen and oxygen atoms in total. The number of hydrogen-bond acceptors (Lipinski definition) is 5. The van der Waals surface area contributed by atoms with E-state index in [2.05, 4.69) is 0 Å². The Bertz CT molecular complexity index is 246. The lowest BCUT2D eigenvalue weighted by Gasteiger charge is -2.24. The molecule has 1 aliphatic rings. The monoisotopic (exact) mass is 223 g/mol. The molecule has 1 saturated heterocycles. The van der Waals surface area contributed by atoms with Crippen LogP contribution in [0.15, 0.2) is 0 Å². The largest absolute Gasteiger partial charge is 0.379 e. The highest BCUT2D eigenvalue weighted by Gasteiger charge is 2.19. The summed E-state index contributed by atoms with van der Waals surface area (Å²) in [5, 5.41) is 1.45. The molecule has 1 heterocycles. The van der Waals surface area contributed by atoms with Crippen LogP contribution in [0.2, 0.25) is 0 Å². The van der Waals surface area contributed by atoms with E-state index in [0.29, 0.717) is 32.7 Å². The van der Waals surface area contributed by atoms with Gasteiger partial charge in [-0.25, -0.2) is 0 Å². The van der Waals surface area contributed by atoms with Crippen molar-refractivity contribution in [1.29, 1.82) is 0 Å². The second kappa shape index (κ2) is 5.65. The molecule has 0 bridgehead atoms. The molecule has 0 spiro atoms. The number of nitrogens with zero attached hydrogens (tertiary/aromatic N) is 1. The van der Waals surface area contributed by atoms with Crippen LogP contribution in [-0.2, 0) is 19.1 Å². The van der Waals surface area contributed by atoms with Crippen LogP contribution in [0.4, 0.5) is 0 Å². The lowest BCUT2D eigenvalue weighted by atomic mass is 10.4. The molecular formula is C8H17NO4S. The molecule has 0 radical (unpaired) electrons. The maximum Gasteiger partial charge on any atom is 0.283 e. The molecule has 0 aromatic carbocycles. The summed E-state index contributed by atoms with van der Waals surface area (Å²) in [4.78, 5) is 0. The summed E-state index contributed by atoms with van der Waals surface area (Å²) in [5.74, 6) is 0.0981. The Morgan fingerprint density at radius 1 is 1.36 bits per heavy atom. The smallest absolute Gasteiger partial charge is 0.283 e. The zero-order valence-corrected chi connectivity index (χ0v) is 9.25. The normalized spacial score (nSPS) is 19.8. The van der Waals surface area contributed by atoms with Gasteiger partial charge in [0.2, 0.25) is 0 Å². The van der Waals surface area contributed by atoms with Gasteiger partial charge >= 0.3 is 0 Å². The minimum absolute atomic E-state index is 0.0981. The third-order valence-electron chi connectivity index (χ3n) is 1.94. The fourth-order valence-corrected chi connectivity index (χ4v) is 2.33. The first-order valence-electron chi connectivity index (χ1n) is 4.89. The van der Waals surface area contributed by atoms with E-state index in [0.717, 1.165) is 6.42 Å². The van der Waals surface area contributed by atoms with E-state index in [1.807, 2.05) is 6.92 Å². The molecule has 14 heavy (non-hydrogen) atoms. The van der Waals surface area contributed by atoms with Gasteiger partial charge in [-0.05, 0) is 6.42 Å². The molecule has 6 heteroatoms. The molecule has 0 aromatic rings. The average Bonchev–Trinajstić information content (AvgIpc) is 2.16. The van der Waals surface area contributed by atoms with Crippen molar-refractivity contribution in [3.63, 3.8) is 0 Å². The molecule has 1 fully saturated rings. The van der Waals surface area contributed by atoms with Gasteiger partial charge < -0.3 is 4.74 Å². The summed E-state index contributed by atoms with van der Waals surface area (Å²) in [7, 11) is -3.37. The van der Waals surface area contributed by atoms with Gasteiger partial charge in [0.25, 0.3) is 10.1 Å². The first-order chi connectivity index (χ1) is 6.64. The fraction of sp³-hybridized carbons (Fsp3) is 1.00. The van der Waals surface area contributed by atoms with Crippen molar-refractivity contribution in [3.05, 3.63) is 0 Å². The zero-order valence-electron chi connectivity index (χ0n) is 8.44. The molecule has 1 rings (SSSR count). The summed E-state index contributed by atoms with van der Waals surface area (Å²) >= 11 is 0. The molecule has 0 amide bonds. The van der Waals surface area contributed by atoms with Gasteiger partial charge in [0, 0.05) is 13.1 Å². The molecule has 84 valence electrons. The second-order valence-corrected chi connectivity index (χ2v) is 4.90. The van der Waals surface area contributed by atoms with Crippen LogP contribution in [0.3, 0.4) is 0 Å². The highest BCUT2D eigenvalue weighted by molar-refractivity contribution is 7.86. The Morgan fingerprint density at radius 2 is 2.00 bits per heavy atom. The first kappa shape index (κ1) is 11.9. The van der Waals surface area contributed by atoms with Gasteiger partial charge in [0.1, 0.15) is 0 Å². The summed E-state index contributed by atoms with van der Waals surface area (Å²) in [5.41, 5.74) is 0. The van der Waals surface area contributed by atoms with E-state index in [1.54, 1.807) is 0 Å². The summed E-state index contributed by atoms with van der Waals surface area (Å²) in [6.45, 7) is 4.05. The molecule has 0 aliphatic carbocycles. The number of unbranched alkanes of at least 4 members (excludes halogenated alkanes) is 1. The van der Waals surface area contributed by atoms with Crippen LogP contribution < -0.4 is 0 Å². The van der Waals surface area contributed by atoms with Gasteiger partial charge in [0.05, 0.1) is 19.0 Å². The van der Waals surface area contributed by atoms with Crippen molar-refractivity contribution < 1.29 is 17.4 Å². The highest BCUT2D eigenvalue weighted by atomic mass is 32.2. The van der Waals surface area contributed by atoms with Crippen molar-refractivity contribution in [2.45, 2.75) is 19.8 Å². The van der Waals surface area contributed by atoms with Gasteiger partial charge in [-0.3, -0.25) is 0 Å². The third kappa shape index (κ3) is 4.36. The maximum atomic E-state index is 11.4. The van der Waals surface area contributed by atoms with E-state index < -0.39 is 10.1 Å². The second-order valence-electron chi connectivity index (χ2n) is 3.23. The third-order valence-corrected chi connectivity index (χ3v) is 3.16. The SMILES string of the molecule is CCCCS(=O)(=O)ON1CCOCC1. The van der Waals surface area contributed by atoms with Crippen LogP contribution in [0.25, 0.3) is 0 Å². The van der Waals surface area contributed by atoms with E-state index in [-0.39, 0.29) is 5.75 Å². The lowest BCUT2D eigenvalue weighted by molar-refractivity contribution is -0.113. The zero-order chi connectivity index (χ0) is 10.4. The minimum atomic E-state index is -3.37. The topological polar surface area (TPSA) is 55.8 Å². The predicted octanol–water partition coefficient (Wildman–Crippen LogP) is 0.380. The molecule has 0 aromatic heterocycles. The van der Waals surface area contributed by atoms with Gasteiger partial charge in [-0.15, -0.1) is 0 Å². The quantitative estimate of drug-likeness (QED) is 0.674. The van der Waals surface area contributed by atoms with Crippen molar-refractivity contribution in [2.24, 2.45) is 0 Å². The van der Waals surface area contributed by atoms with Gasteiger partial charge in [-0.1, -0.05) is 13.3 Å². The standard InChI is InChI=1S/C8H17NO4S/c1-2-3-8-14(10,11)13-9-4-6-12-7-5-9/h2-8H2,1H3. The highest BCUT2D eigenvalue weighted by Crippen LogP contribution is 2.05. The number of hydroxylamine groups is 2. The molecule has 1 aliphatic heterocycles. The van der Waals surface area contributed by atoms with Crippen molar-refractivity contribution in [1.82, 2.24) is 5.06 Å². The van der Waals surface area contributed by atoms with Crippen LogP contribution >= 0.6 is 0 Å². The van der Waals surface area contributed by atoms with Crippen LogP contribution in [0.5, 0.6) is 0 Å². The summed E-state index contributed by atoms with van der Waals surface area (Å²) in [6, 6.07) is 0. The lowest BCUT2D eigenvalue weighted by Crippen LogP contribution is -2.38. The Labute approximate surface area is 85.1 Å². The summed E-state index contributed by atoms with van der Waals surface area (Å²) in [6.07, 6.45) is 1.50. The van der Waals surface area contributed by atoms with Crippen molar-refractivity contribution in [2.75, 3.05) is 32.1 Å². The Morgan fingerprint density at radius 3 is 2.57 bits per heavy atom. The van der Waals surface area contributed by atoms with E-state index in [4.69, 9.17) is 9.02 Å². The molecule has 0 atom stereocenters. The maximum absolute atomic E-state index is 11.4. The number of hydrogen-bond donors (Lipinski definition) is 0. The van der Waals surface area contributed by atoms with Crippen LogP contribution in [-0.4, -0.2) is 45.5 Å². The van der Waals surface area contributed by atoms with E-state index in [9.17, 15) is 8.42 Å². The Balaban J connectivity index is 2.33. The number of rotatable bonds is 5. The Hall–Kier alpha value is -0.170. The molecule has 0 saturated carbocycles. The van der Waals surface area contributed by atoms with E-state index >= 15 is 0 Å². The number of morpholine rings is 1. The minimum Gasteiger partial charge on any atom is -0.379 e. The van der Waals surface area contributed by atoms with Gasteiger partial charge in [0.15, 0.2) is 0 Å².